The number of hydrogen-bond donors (Lipinski definition) is 2. The summed E-state index contributed by atoms with van der Waals surface area (Å²) in [6.45, 7) is 3.78. The van der Waals surface area contributed by atoms with Gasteiger partial charge >= 0.3 is 12.0 Å². The molecule has 3 amide bonds. The molecular weight excluding hydrogens is 264 g/mol. The van der Waals surface area contributed by atoms with Crippen LogP contribution in [-0.4, -0.2) is 54.2 Å². The van der Waals surface area contributed by atoms with Crippen LogP contribution in [0.5, 0.6) is 0 Å². The highest BCUT2D eigenvalue weighted by atomic mass is 16.5. The van der Waals surface area contributed by atoms with Gasteiger partial charge in [-0.05, 0) is 26.7 Å². The fourth-order valence-corrected chi connectivity index (χ4v) is 1.79. The van der Waals surface area contributed by atoms with Crippen LogP contribution in [0, 0.1) is 0 Å². The second kappa shape index (κ2) is 7.04. The van der Waals surface area contributed by atoms with Gasteiger partial charge in [0.1, 0.15) is 0 Å². The fraction of sp³-hybridized carbons (Fsp3) is 0.615. The lowest BCUT2D eigenvalue weighted by Crippen LogP contribution is -2.44. The Labute approximate surface area is 117 Å². The Hall–Kier alpha value is -1.89. The minimum atomic E-state index is -1.18. The van der Waals surface area contributed by atoms with Crippen LogP contribution in [0.1, 0.15) is 26.7 Å². The molecule has 0 aliphatic carbocycles. The average molecular weight is 284 g/mol. The topological polar surface area (TPSA) is 95.9 Å². The van der Waals surface area contributed by atoms with Crippen LogP contribution in [0.4, 0.5) is 4.79 Å². The van der Waals surface area contributed by atoms with Crippen molar-refractivity contribution in [3.05, 3.63) is 11.1 Å². The Morgan fingerprint density at radius 3 is 2.45 bits per heavy atom. The molecule has 20 heavy (non-hydrogen) atoms. The lowest BCUT2D eigenvalue weighted by Gasteiger charge is -2.20. The number of nitrogens with zero attached hydrogens (tertiary/aromatic N) is 1. The smallest absolute Gasteiger partial charge is 0.331 e. The van der Waals surface area contributed by atoms with Crippen LogP contribution in [0.2, 0.25) is 0 Å². The number of nitrogens with one attached hydrogen (secondary N) is 1. The SMILES string of the molecule is CC(C(=O)O)=C(C)C(=O)NC(=O)N(C)CC1CCCO1. The van der Waals surface area contributed by atoms with Crippen LogP contribution in [0.25, 0.3) is 0 Å². The molecule has 1 unspecified atom stereocenters. The summed E-state index contributed by atoms with van der Waals surface area (Å²) in [5, 5.41) is 10.9. The molecule has 112 valence electrons. The molecule has 0 aromatic rings. The highest BCUT2D eigenvalue weighted by Crippen LogP contribution is 2.12. The van der Waals surface area contributed by atoms with Gasteiger partial charge in [0.15, 0.2) is 0 Å². The van der Waals surface area contributed by atoms with E-state index in [2.05, 4.69) is 5.32 Å². The first kappa shape index (κ1) is 16.2. The Kier molecular flexibility index (Phi) is 5.69. The zero-order valence-corrected chi connectivity index (χ0v) is 11.9. The third kappa shape index (κ3) is 4.34. The summed E-state index contributed by atoms with van der Waals surface area (Å²) in [5.74, 6) is -1.88. The molecule has 1 aliphatic heterocycles. The largest absolute Gasteiger partial charge is 0.478 e. The zero-order chi connectivity index (χ0) is 15.3. The first-order valence-corrected chi connectivity index (χ1v) is 6.41. The van der Waals surface area contributed by atoms with Gasteiger partial charge in [0, 0.05) is 31.3 Å². The first-order chi connectivity index (χ1) is 9.32. The van der Waals surface area contributed by atoms with E-state index in [0.717, 1.165) is 12.8 Å². The summed E-state index contributed by atoms with van der Waals surface area (Å²) in [5.41, 5.74) is -0.0755. The minimum Gasteiger partial charge on any atom is -0.478 e. The summed E-state index contributed by atoms with van der Waals surface area (Å²) in [4.78, 5) is 35.6. The van der Waals surface area contributed by atoms with Gasteiger partial charge in [-0.2, -0.15) is 0 Å². The van der Waals surface area contributed by atoms with E-state index >= 15 is 0 Å². The van der Waals surface area contributed by atoms with E-state index in [1.165, 1.54) is 18.7 Å². The van der Waals surface area contributed by atoms with E-state index in [0.29, 0.717) is 13.2 Å². The number of urea groups is 1. The lowest BCUT2D eigenvalue weighted by molar-refractivity contribution is -0.133. The normalized spacial score (nSPS) is 19.2. The maximum absolute atomic E-state index is 11.8. The number of rotatable bonds is 4. The first-order valence-electron chi connectivity index (χ1n) is 6.41. The van der Waals surface area contributed by atoms with E-state index in [1.54, 1.807) is 7.05 Å². The maximum Gasteiger partial charge on any atom is 0.331 e. The van der Waals surface area contributed by atoms with Gasteiger partial charge in [0.25, 0.3) is 5.91 Å². The number of carboxylic acid groups (broad SMARTS) is 1. The van der Waals surface area contributed by atoms with Crippen molar-refractivity contribution < 1.29 is 24.2 Å². The predicted molar refractivity (Wildman–Crippen MR) is 71.2 cm³/mol. The predicted octanol–water partition coefficient (Wildman–Crippen LogP) is 0.754. The number of hydrogen-bond acceptors (Lipinski definition) is 4. The van der Waals surface area contributed by atoms with Gasteiger partial charge in [0.2, 0.25) is 0 Å². The molecule has 0 aromatic carbocycles. The number of carbonyl (C=O) groups excluding carboxylic acids is 2. The summed E-state index contributed by atoms with van der Waals surface area (Å²) >= 11 is 0. The van der Waals surface area contributed by atoms with Crippen molar-refractivity contribution in [2.45, 2.75) is 32.8 Å². The van der Waals surface area contributed by atoms with Crippen LogP contribution >= 0.6 is 0 Å². The summed E-state index contributed by atoms with van der Waals surface area (Å²) < 4.78 is 5.40. The Morgan fingerprint density at radius 2 is 1.95 bits per heavy atom. The molecule has 2 N–H and O–H groups in total. The third-order valence-corrected chi connectivity index (χ3v) is 3.29. The molecule has 1 fully saturated rings. The molecule has 1 atom stereocenters. The van der Waals surface area contributed by atoms with Crippen molar-refractivity contribution in [2.24, 2.45) is 0 Å². The summed E-state index contributed by atoms with van der Waals surface area (Å²) in [7, 11) is 1.56. The quantitative estimate of drug-likeness (QED) is 0.743. The van der Waals surface area contributed by atoms with Crippen molar-refractivity contribution in [2.75, 3.05) is 20.2 Å². The van der Waals surface area contributed by atoms with Gasteiger partial charge in [0.05, 0.1) is 6.10 Å². The monoisotopic (exact) mass is 284 g/mol. The molecule has 1 heterocycles. The van der Waals surface area contributed by atoms with Crippen LogP contribution < -0.4 is 5.32 Å². The van der Waals surface area contributed by atoms with Crippen molar-refractivity contribution in [3.63, 3.8) is 0 Å². The van der Waals surface area contributed by atoms with Crippen molar-refractivity contribution in [3.8, 4) is 0 Å². The standard InChI is InChI=1S/C13H20N2O5/c1-8(9(2)12(17)18)11(16)14-13(19)15(3)7-10-5-4-6-20-10/h10H,4-7H2,1-3H3,(H,17,18)(H,14,16,19). The lowest BCUT2D eigenvalue weighted by atomic mass is 10.1. The molecule has 7 heteroatoms. The Balaban J connectivity index is 2.54. The molecule has 1 rings (SSSR count). The number of amides is 3. The molecule has 1 aliphatic rings. The molecule has 0 radical (unpaired) electrons. The van der Waals surface area contributed by atoms with E-state index in [1.807, 2.05) is 0 Å². The zero-order valence-electron chi connectivity index (χ0n) is 11.9. The number of ether oxygens (including phenoxy) is 1. The van der Waals surface area contributed by atoms with Gasteiger partial charge in [-0.3, -0.25) is 10.1 Å². The van der Waals surface area contributed by atoms with E-state index < -0.39 is 17.9 Å². The van der Waals surface area contributed by atoms with Crippen molar-refractivity contribution in [1.82, 2.24) is 10.2 Å². The van der Waals surface area contributed by atoms with Gasteiger partial charge in [-0.25, -0.2) is 9.59 Å². The Bertz CT molecular complexity index is 438. The second-order valence-corrected chi connectivity index (χ2v) is 4.83. The van der Waals surface area contributed by atoms with Crippen molar-refractivity contribution >= 4 is 17.9 Å². The third-order valence-electron chi connectivity index (χ3n) is 3.29. The number of imide groups is 1. The minimum absolute atomic E-state index is 0.00162. The highest BCUT2D eigenvalue weighted by Gasteiger charge is 2.22. The van der Waals surface area contributed by atoms with E-state index in [4.69, 9.17) is 9.84 Å². The molecule has 0 spiro atoms. The van der Waals surface area contributed by atoms with Crippen LogP contribution in [0.15, 0.2) is 11.1 Å². The van der Waals surface area contributed by atoms with Gasteiger partial charge in [-0.15, -0.1) is 0 Å². The van der Waals surface area contributed by atoms with Crippen LogP contribution in [-0.2, 0) is 14.3 Å². The molecule has 0 aromatic heterocycles. The molecular formula is C13H20N2O5. The van der Waals surface area contributed by atoms with Crippen LogP contribution in [0.3, 0.4) is 0 Å². The summed E-state index contributed by atoms with van der Waals surface area (Å²) in [6.07, 6.45) is 1.86. The molecule has 7 nitrogen and oxygen atoms in total. The van der Waals surface area contributed by atoms with E-state index in [9.17, 15) is 14.4 Å². The Morgan fingerprint density at radius 1 is 1.30 bits per heavy atom. The van der Waals surface area contributed by atoms with Crippen molar-refractivity contribution in [1.29, 1.82) is 0 Å². The van der Waals surface area contributed by atoms with Gasteiger partial charge in [-0.1, -0.05) is 0 Å². The second-order valence-electron chi connectivity index (χ2n) is 4.83. The molecule has 0 saturated carbocycles. The fourth-order valence-electron chi connectivity index (χ4n) is 1.79. The molecule has 0 bridgehead atoms. The highest BCUT2D eigenvalue weighted by molar-refractivity contribution is 6.07. The average Bonchev–Trinajstić information content (AvgIpc) is 2.89. The van der Waals surface area contributed by atoms with Gasteiger partial charge < -0.3 is 14.7 Å². The number of likely N-dealkylation sites (N-methyl/N-ethyl adjacent to an activating group) is 1. The number of carbonyl (C=O) groups is 3. The number of aliphatic carboxylic acids is 1. The maximum atomic E-state index is 11.8. The summed E-state index contributed by atoms with van der Waals surface area (Å²) in [6, 6.07) is -0.567. The van der Waals surface area contributed by atoms with E-state index in [-0.39, 0.29) is 17.3 Å². The number of carboxylic acids is 1. The molecule has 1 saturated heterocycles.